The smallest absolute Gasteiger partial charge is 0.264 e. The highest BCUT2D eigenvalue weighted by Crippen LogP contribution is 2.58. The second kappa shape index (κ2) is 25.3. The number of anilines is 6. The molecule has 20 rings (SSSR count). The quantitative estimate of drug-likeness (QED) is 0.105. The molecule has 0 unspecified atom stereocenters. The van der Waals surface area contributed by atoms with Crippen LogP contribution in [-0.4, -0.2) is 11.3 Å². The van der Waals surface area contributed by atoms with Gasteiger partial charge in [0.05, 0.1) is 32.2 Å². The number of nitrogens with zero attached hydrogens (tertiary/aromatic N) is 3. The Labute approximate surface area is 661 Å². The Morgan fingerprint density at radius 1 is 0.315 bits per heavy atom. The maximum atomic E-state index is 12.2. The molecule has 2 aromatic heterocycles. The molecule has 0 fully saturated rings. The molecule has 0 amide bonds. The van der Waals surface area contributed by atoms with E-state index in [0.29, 0.717) is 16.8 Å². The molecule has 0 aliphatic carbocycles. The van der Waals surface area contributed by atoms with Crippen LogP contribution in [0.15, 0.2) is 315 Å². The van der Waals surface area contributed by atoms with Crippen molar-refractivity contribution in [1.82, 2.24) is 4.57 Å². The van der Waals surface area contributed by atoms with Gasteiger partial charge in [-0.25, -0.2) is 0 Å². The highest BCUT2D eigenvalue weighted by molar-refractivity contribution is 7.33. The van der Waals surface area contributed by atoms with Crippen molar-refractivity contribution < 1.29 is 4.11 Å². The normalized spacial score (nSPS) is 13.5. The van der Waals surface area contributed by atoms with E-state index in [-0.39, 0.29) is 34.4 Å². The van der Waals surface area contributed by atoms with Gasteiger partial charge >= 0.3 is 0 Å². The van der Waals surface area contributed by atoms with Crippen LogP contribution in [0.4, 0.5) is 34.1 Å². The molecule has 5 heteroatoms. The Hall–Kier alpha value is -12.0. The van der Waals surface area contributed by atoms with Crippen molar-refractivity contribution >= 4 is 132 Å². The summed E-state index contributed by atoms with van der Waals surface area (Å²) in [5.41, 5.74) is 25.7. The molecule has 4 heterocycles. The molecular formula is C106H88BN3S. The van der Waals surface area contributed by atoms with Crippen molar-refractivity contribution in [3.63, 3.8) is 0 Å². The predicted molar refractivity (Wildman–Crippen MR) is 481 cm³/mol. The standard InChI is InChI=1S/C106H88BN3S/c1-103(2,3)74-47-52-81-94(63-74)111-102-101(81)110(100-85(69-39-27-17-28-40-69)59-76(105(7,8)9)60-86(100)70-41-29-18-30-42-70)93-62-77(106(10,11)12)61-92-97(93)107(102)89-53-48-78(64-91(89)109(92)99-83(67-35-23-15-24-36-67)57-75(104(4,5)6)58-84(99)68-37-25-16-26-38-68)108-90-54-46-72(65-31-19-13-20-32-65)55-87(90)88-56-73-45-50-80-79(66-33-21-14-22-34-66)49-43-71-44-51-82(98(88)108)96(73)95(71)80/h13-64H,1-12H3/i48D,53D,64D. The zero-order chi connectivity index (χ0) is 78.3. The number of hydrogen-bond donors (Lipinski definition) is 0. The van der Waals surface area contributed by atoms with E-state index < -0.39 is 12.1 Å². The molecule has 3 nitrogen and oxygen atoms in total. The fourth-order valence-corrected chi connectivity index (χ4v) is 19.3. The molecule has 2 aliphatic rings. The Morgan fingerprint density at radius 2 is 0.757 bits per heavy atom. The summed E-state index contributed by atoms with van der Waals surface area (Å²) >= 11 is 1.81. The van der Waals surface area contributed by atoms with Crippen molar-refractivity contribution in [2.75, 3.05) is 9.80 Å². The topological polar surface area (TPSA) is 11.4 Å². The first kappa shape index (κ1) is 64.9. The van der Waals surface area contributed by atoms with Crippen LogP contribution in [0.1, 0.15) is 109 Å². The SMILES string of the molecule is [2H]c1c([2H])c(-n2c3ccc(-c4ccccc4)cc3c3cc4ccc5c(-c6ccccc6)ccc6ccc(c4c65)c32)c([2H])c2c1B1c3sc4cc(C(C)(C)C)ccc4c3N(c3c(-c4ccccc4)cc(C(C)(C)C)cc3-c3ccccc3)c3cc(C(C)(C)C)cc(c31)N2c1c(-c2ccccc2)cc(C(C)(C)C)cc1-c1ccccc1. The van der Waals surface area contributed by atoms with E-state index in [9.17, 15) is 4.11 Å². The van der Waals surface area contributed by atoms with Gasteiger partial charge in [-0.1, -0.05) is 326 Å². The van der Waals surface area contributed by atoms with Crippen LogP contribution in [0, 0.1) is 0 Å². The molecule has 18 aromatic rings. The minimum absolute atomic E-state index is 0.0109. The highest BCUT2D eigenvalue weighted by atomic mass is 32.1. The van der Waals surface area contributed by atoms with Crippen LogP contribution in [0.2, 0.25) is 0 Å². The highest BCUT2D eigenvalue weighted by Gasteiger charge is 2.48. The summed E-state index contributed by atoms with van der Waals surface area (Å²) in [7, 11) is 0. The zero-order valence-corrected chi connectivity index (χ0v) is 65.9. The first-order chi connectivity index (χ1) is 54.9. The second-order valence-corrected chi connectivity index (χ2v) is 36.0. The van der Waals surface area contributed by atoms with E-state index in [1.54, 1.807) is 0 Å². The Kier molecular flexibility index (Phi) is 14.8. The van der Waals surface area contributed by atoms with Crippen LogP contribution in [0.3, 0.4) is 0 Å². The van der Waals surface area contributed by atoms with Crippen LogP contribution >= 0.6 is 11.3 Å². The van der Waals surface area contributed by atoms with Crippen LogP contribution < -0.4 is 25.5 Å². The maximum Gasteiger partial charge on any atom is 0.264 e. The third-order valence-electron chi connectivity index (χ3n) is 23.8. The van der Waals surface area contributed by atoms with E-state index in [2.05, 4.69) is 395 Å². The van der Waals surface area contributed by atoms with Crippen molar-refractivity contribution in [1.29, 1.82) is 0 Å². The Bertz CT molecular complexity index is 6840. The summed E-state index contributed by atoms with van der Waals surface area (Å²) in [5.74, 6) is 0. The van der Waals surface area contributed by atoms with Gasteiger partial charge < -0.3 is 14.4 Å². The van der Waals surface area contributed by atoms with E-state index in [1.807, 2.05) is 11.3 Å². The van der Waals surface area contributed by atoms with E-state index in [0.717, 1.165) is 175 Å². The summed E-state index contributed by atoms with van der Waals surface area (Å²) in [4.78, 5) is 5.11. The molecule has 0 N–H and O–H groups in total. The molecule has 0 saturated heterocycles. The van der Waals surface area contributed by atoms with Gasteiger partial charge in [-0.05, 0) is 199 Å². The second-order valence-electron chi connectivity index (χ2n) is 35.0. The van der Waals surface area contributed by atoms with Crippen LogP contribution in [-0.2, 0) is 21.7 Å². The fourth-order valence-electron chi connectivity index (χ4n) is 18.0. The predicted octanol–water partition coefficient (Wildman–Crippen LogP) is 28.2. The van der Waals surface area contributed by atoms with Gasteiger partial charge in [0.1, 0.15) is 0 Å². The van der Waals surface area contributed by atoms with Gasteiger partial charge in [0, 0.05) is 76.0 Å². The average molecular weight is 1450 g/mol. The van der Waals surface area contributed by atoms with Crippen molar-refractivity contribution in [2.24, 2.45) is 0 Å². The largest absolute Gasteiger partial charge is 0.310 e. The third kappa shape index (κ3) is 11.0. The lowest BCUT2D eigenvalue weighted by Crippen LogP contribution is -2.60. The van der Waals surface area contributed by atoms with Crippen molar-refractivity contribution in [3.8, 4) is 72.4 Å². The van der Waals surface area contributed by atoms with Gasteiger partial charge in [0.2, 0.25) is 0 Å². The molecule has 2 aliphatic heterocycles. The summed E-state index contributed by atoms with van der Waals surface area (Å²) in [6.45, 7) is 27.2. The summed E-state index contributed by atoms with van der Waals surface area (Å²) in [6, 6.07) is 110. The van der Waals surface area contributed by atoms with Gasteiger partial charge in [0.15, 0.2) is 0 Å². The molecule has 0 spiro atoms. The van der Waals surface area contributed by atoms with Gasteiger partial charge in [-0.3, -0.25) is 0 Å². The van der Waals surface area contributed by atoms with Gasteiger partial charge in [0.25, 0.3) is 6.71 Å². The zero-order valence-electron chi connectivity index (χ0n) is 68.1. The lowest BCUT2D eigenvalue weighted by Gasteiger charge is -2.46. The molecule has 111 heavy (non-hydrogen) atoms. The molecule has 536 valence electrons. The maximum absolute atomic E-state index is 12.2. The third-order valence-corrected chi connectivity index (χ3v) is 25.0. The number of benzene rings is 16. The fraction of sp³-hybridized carbons (Fsp3) is 0.151. The average Bonchev–Trinajstić information content (AvgIpc) is 1.29. The van der Waals surface area contributed by atoms with Crippen molar-refractivity contribution in [3.05, 3.63) is 338 Å². The Balaban J connectivity index is 0.997. The first-order valence-corrected chi connectivity index (χ1v) is 40.1. The minimum Gasteiger partial charge on any atom is -0.310 e. The Morgan fingerprint density at radius 3 is 1.28 bits per heavy atom. The molecule has 0 saturated carbocycles. The molecule has 0 atom stereocenters. The van der Waals surface area contributed by atoms with E-state index in [1.165, 1.54) is 16.5 Å². The number of aromatic nitrogens is 1. The van der Waals surface area contributed by atoms with E-state index >= 15 is 0 Å². The van der Waals surface area contributed by atoms with E-state index in [4.69, 9.17) is 0 Å². The summed E-state index contributed by atoms with van der Waals surface area (Å²) < 4.78 is 40.0. The van der Waals surface area contributed by atoms with Gasteiger partial charge in [-0.15, -0.1) is 11.3 Å². The molecule has 0 radical (unpaired) electrons. The molecular weight excluding hydrogens is 1360 g/mol. The molecule has 16 aromatic carbocycles. The first-order valence-electron chi connectivity index (χ1n) is 40.8. The van der Waals surface area contributed by atoms with Crippen LogP contribution in [0.5, 0.6) is 0 Å². The summed E-state index contributed by atoms with van der Waals surface area (Å²) in [5, 5.41) is 9.84. The number of hydrogen-bond acceptors (Lipinski definition) is 3. The van der Waals surface area contributed by atoms with Crippen molar-refractivity contribution in [2.45, 2.75) is 105 Å². The molecule has 0 bridgehead atoms. The number of rotatable bonds is 9. The minimum atomic E-state index is -0.654. The number of thiophene rings is 1. The summed E-state index contributed by atoms with van der Waals surface area (Å²) in [6.07, 6.45) is 0. The monoisotopic (exact) mass is 1450 g/mol. The lowest BCUT2D eigenvalue weighted by atomic mass is 9.36. The van der Waals surface area contributed by atoms with Gasteiger partial charge in [-0.2, -0.15) is 0 Å². The van der Waals surface area contributed by atoms with Crippen LogP contribution in [0.25, 0.3) is 137 Å². The number of fused-ring (bicyclic) bond motifs is 10. The lowest BCUT2D eigenvalue weighted by molar-refractivity contribution is 0.590.